The van der Waals surface area contributed by atoms with Gasteiger partial charge in [0.25, 0.3) is 0 Å². The predicted octanol–water partition coefficient (Wildman–Crippen LogP) is 1.34. The van der Waals surface area contributed by atoms with Crippen molar-refractivity contribution in [2.75, 3.05) is 20.3 Å². The molecule has 0 saturated carbocycles. The van der Waals surface area contributed by atoms with Crippen molar-refractivity contribution in [3.8, 4) is 11.5 Å². The highest BCUT2D eigenvalue weighted by Crippen LogP contribution is 2.28. The van der Waals surface area contributed by atoms with Gasteiger partial charge in [-0.1, -0.05) is 19.1 Å². The van der Waals surface area contributed by atoms with E-state index in [2.05, 4.69) is 0 Å². The van der Waals surface area contributed by atoms with Crippen LogP contribution in [-0.2, 0) is 0 Å². The number of thiocarbonyl (C=S) groups is 1. The molecule has 1 aromatic carbocycles. The Bertz CT molecular complexity index is 395. The van der Waals surface area contributed by atoms with Gasteiger partial charge in [-0.05, 0) is 18.2 Å². The van der Waals surface area contributed by atoms with Gasteiger partial charge in [-0.3, -0.25) is 0 Å². The maximum Gasteiger partial charge on any atom is 0.161 e. The quantitative estimate of drug-likeness (QED) is 0.751. The molecule has 1 unspecified atom stereocenters. The molecule has 94 valence electrons. The standard InChI is InChI=1S/C12H17NO3S/c1-8(6-14)7-16-10-4-3-9(12(13)17)5-11(10)15-2/h3-5,8,14H,6-7H2,1-2H3,(H2,13,17). The van der Waals surface area contributed by atoms with E-state index in [-0.39, 0.29) is 12.5 Å². The predicted molar refractivity (Wildman–Crippen MR) is 70.6 cm³/mol. The lowest BCUT2D eigenvalue weighted by Gasteiger charge is -2.14. The van der Waals surface area contributed by atoms with E-state index in [0.717, 1.165) is 5.56 Å². The summed E-state index contributed by atoms with van der Waals surface area (Å²) in [6, 6.07) is 5.28. The summed E-state index contributed by atoms with van der Waals surface area (Å²) in [5.74, 6) is 1.28. The Morgan fingerprint density at radius 1 is 1.47 bits per heavy atom. The molecule has 0 spiro atoms. The van der Waals surface area contributed by atoms with Crippen LogP contribution in [0.25, 0.3) is 0 Å². The van der Waals surface area contributed by atoms with Gasteiger partial charge in [0.2, 0.25) is 0 Å². The number of hydrogen-bond donors (Lipinski definition) is 2. The zero-order valence-corrected chi connectivity index (χ0v) is 10.8. The number of benzene rings is 1. The molecule has 0 aromatic heterocycles. The minimum absolute atomic E-state index is 0.0787. The van der Waals surface area contributed by atoms with Crippen LogP contribution in [0.2, 0.25) is 0 Å². The Hall–Kier alpha value is -1.33. The van der Waals surface area contributed by atoms with Crippen LogP contribution in [-0.4, -0.2) is 30.4 Å². The maximum absolute atomic E-state index is 8.91. The van der Waals surface area contributed by atoms with Crippen LogP contribution < -0.4 is 15.2 Å². The molecule has 0 aliphatic carbocycles. The molecule has 0 saturated heterocycles. The average molecular weight is 255 g/mol. The molecule has 1 aromatic rings. The van der Waals surface area contributed by atoms with Gasteiger partial charge in [-0.25, -0.2) is 0 Å². The fraction of sp³-hybridized carbons (Fsp3) is 0.417. The van der Waals surface area contributed by atoms with Crippen molar-refractivity contribution in [2.45, 2.75) is 6.92 Å². The number of nitrogens with two attached hydrogens (primary N) is 1. The second kappa shape index (κ2) is 6.42. The molecule has 3 N–H and O–H groups in total. The van der Waals surface area contributed by atoms with Crippen LogP contribution in [0, 0.1) is 5.92 Å². The largest absolute Gasteiger partial charge is 0.493 e. The Kier molecular flexibility index (Phi) is 5.18. The monoisotopic (exact) mass is 255 g/mol. The number of ether oxygens (including phenoxy) is 2. The summed E-state index contributed by atoms with van der Waals surface area (Å²) in [6.07, 6.45) is 0. The third kappa shape index (κ3) is 3.87. The summed E-state index contributed by atoms with van der Waals surface area (Å²) in [7, 11) is 1.56. The average Bonchev–Trinajstić information content (AvgIpc) is 2.35. The molecule has 0 fully saturated rings. The van der Waals surface area contributed by atoms with Gasteiger partial charge < -0.3 is 20.3 Å². The number of rotatable bonds is 6. The molecular weight excluding hydrogens is 238 g/mol. The van der Waals surface area contributed by atoms with Crippen LogP contribution in [0.3, 0.4) is 0 Å². The first-order valence-corrected chi connectivity index (χ1v) is 5.70. The fourth-order valence-corrected chi connectivity index (χ4v) is 1.35. The first kappa shape index (κ1) is 13.7. The molecule has 0 aliphatic rings. The second-order valence-corrected chi connectivity index (χ2v) is 4.27. The lowest BCUT2D eigenvalue weighted by molar-refractivity contribution is 0.171. The summed E-state index contributed by atoms with van der Waals surface area (Å²) in [5, 5.41) is 8.91. The third-order valence-electron chi connectivity index (χ3n) is 2.28. The maximum atomic E-state index is 8.91. The summed E-state index contributed by atoms with van der Waals surface area (Å²) in [6.45, 7) is 2.42. The highest BCUT2D eigenvalue weighted by atomic mass is 32.1. The van der Waals surface area contributed by atoms with Crippen molar-refractivity contribution in [3.05, 3.63) is 23.8 Å². The highest BCUT2D eigenvalue weighted by molar-refractivity contribution is 7.80. The van der Waals surface area contributed by atoms with Gasteiger partial charge in [0, 0.05) is 18.1 Å². The highest BCUT2D eigenvalue weighted by Gasteiger charge is 2.08. The van der Waals surface area contributed by atoms with E-state index in [1.165, 1.54) is 0 Å². The van der Waals surface area contributed by atoms with Gasteiger partial charge in [-0.2, -0.15) is 0 Å². The Morgan fingerprint density at radius 2 is 2.18 bits per heavy atom. The lowest BCUT2D eigenvalue weighted by atomic mass is 10.2. The molecule has 0 bridgehead atoms. The Morgan fingerprint density at radius 3 is 2.71 bits per heavy atom. The van der Waals surface area contributed by atoms with Crippen molar-refractivity contribution in [3.63, 3.8) is 0 Å². The number of methoxy groups -OCH3 is 1. The van der Waals surface area contributed by atoms with E-state index in [9.17, 15) is 0 Å². The van der Waals surface area contributed by atoms with Crippen LogP contribution >= 0.6 is 12.2 Å². The number of aliphatic hydroxyl groups is 1. The van der Waals surface area contributed by atoms with E-state index in [0.29, 0.717) is 23.1 Å². The lowest BCUT2D eigenvalue weighted by Crippen LogP contribution is -2.13. The summed E-state index contributed by atoms with van der Waals surface area (Å²) < 4.78 is 10.7. The van der Waals surface area contributed by atoms with E-state index in [1.807, 2.05) is 6.92 Å². The van der Waals surface area contributed by atoms with Crippen molar-refractivity contribution < 1.29 is 14.6 Å². The van der Waals surface area contributed by atoms with E-state index in [4.69, 9.17) is 32.5 Å². The zero-order valence-electron chi connectivity index (χ0n) is 9.97. The van der Waals surface area contributed by atoms with E-state index in [1.54, 1.807) is 25.3 Å². The molecule has 1 atom stereocenters. The number of hydrogen-bond acceptors (Lipinski definition) is 4. The van der Waals surface area contributed by atoms with Gasteiger partial charge in [-0.15, -0.1) is 0 Å². The minimum Gasteiger partial charge on any atom is -0.493 e. The van der Waals surface area contributed by atoms with Crippen LogP contribution in [0.1, 0.15) is 12.5 Å². The number of aliphatic hydroxyl groups excluding tert-OH is 1. The first-order valence-electron chi connectivity index (χ1n) is 5.30. The van der Waals surface area contributed by atoms with Crippen LogP contribution in [0.15, 0.2) is 18.2 Å². The Balaban J connectivity index is 2.82. The Labute approximate surface area is 106 Å². The second-order valence-electron chi connectivity index (χ2n) is 3.83. The first-order chi connectivity index (χ1) is 8.08. The van der Waals surface area contributed by atoms with E-state index >= 15 is 0 Å². The van der Waals surface area contributed by atoms with Crippen molar-refractivity contribution in [2.24, 2.45) is 11.7 Å². The van der Waals surface area contributed by atoms with Gasteiger partial charge in [0.1, 0.15) is 4.99 Å². The molecule has 0 amide bonds. The minimum atomic E-state index is 0.0787. The summed E-state index contributed by atoms with van der Waals surface area (Å²) >= 11 is 4.89. The smallest absolute Gasteiger partial charge is 0.161 e. The van der Waals surface area contributed by atoms with Crippen molar-refractivity contribution in [1.82, 2.24) is 0 Å². The molecular formula is C12H17NO3S. The van der Waals surface area contributed by atoms with Crippen LogP contribution in [0.5, 0.6) is 11.5 Å². The fourth-order valence-electron chi connectivity index (χ4n) is 1.22. The molecule has 5 heteroatoms. The summed E-state index contributed by atoms with van der Waals surface area (Å²) in [4.78, 5) is 0.318. The van der Waals surface area contributed by atoms with Gasteiger partial charge >= 0.3 is 0 Å². The molecule has 17 heavy (non-hydrogen) atoms. The summed E-state index contributed by atoms with van der Waals surface area (Å²) in [5.41, 5.74) is 6.27. The van der Waals surface area contributed by atoms with Gasteiger partial charge in [0.15, 0.2) is 11.5 Å². The van der Waals surface area contributed by atoms with Gasteiger partial charge in [0.05, 0.1) is 13.7 Å². The van der Waals surface area contributed by atoms with Crippen LogP contribution in [0.4, 0.5) is 0 Å². The third-order valence-corrected chi connectivity index (χ3v) is 2.52. The molecule has 0 radical (unpaired) electrons. The van der Waals surface area contributed by atoms with Crippen molar-refractivity contribution in [1.29, 1.82) is 0 Å². The zero-order chi connectivity index (χ0) is 12.8. The molecule has 0 aliphatic heterocycles. The van der Waals surface area contributed by atoms with Crippen molar-refractivity contribution >= 4 is 17.2 Å². The topological polar surface area (TPSA) is 64.7 Å². The molecule has 1 rings (SSSR count). The molecule has 0 heterocycles. The molecule has 4 nitrogen and oxygen atoms in total. The van der Waals surface area contributed by atoms with E-state index < -0.39 is 0 Å². The SMILES string of the molecule is COc1cc(C(N)=S)ccc1OCC(C)CO. The normalized spacial score (nSPS) is 11.9.